The zero-order valence-corrected chi connectivity index (χ0v) is 17.3. The first-order valence-electron chi connectivity index (χ1n) is 10.4. The second kappa shape index (κ2) is 8.14. The first-order valence-corrected chi connectivity index (χ1v) is 10.4. The van der Waals surface area contributed by atoms with E-state index in [1.165, 1.54) is 10.9 Å². The van der Waals surface area contributed by atoms with Gasteiger partial charge in [-0.1, -0.05) is 13.0 Å². The fraction of sp³-hybridized carbons (Fsp3) is 0.524. The minimum absolute atomic E-state index is 0.00166. The number of rotatable bonds is 5. The summed E-state index contributed by atoms with van der Waals surface area (Å²) in [6.07, 6.45) is 6.11. The lowest BCUT2D eigenvalue weighted by atomic mass is 9.82. The lowest BCUT2D eigenvalue weighted by molar-refractivity contribution is -0.169. The number of pyridine rings is 1. The number of aromatic nitrogens is 3. The van der Waals surface area contributed by atoms with Crippen molar-refractivity contribution < 1.29 is 14.0 Å². The average Bonchev–Trinajstić information content (AvgIpc) is 3.20. The van der Waals surface area contributed by atoms with Crippen molar-refractivity contribution in [3.05, 3.63) is 42.1 Å². The van der Waals surface area contributed by atoms with E-state index in [0.29, 0.717) is 25.2 Å². The van der Waals surface area contributed by atoms with Gasteiger partial charge in [0.1, 0.15) is 12.1 Å². The molecule has 0 aliphatic carbocycles. The van der Waals surface area contributed by atoms with Crippen LogP contribution in [0.2, 0.25) is 0 Å². The van der Waals surface area contributed by atoms with Crippen LogP contribution in [0.3, 0.4) is 0 Å². The van der Waals surface area contributed by atoms with Crippen molar-refractivity contribution in [2.24, 2.45) is 0 Å². The van der Waals surface area contributed by atoms with Crippen LogP contribution < -0.4 is 5.32 Å². The van der Waals surface area contributed by atoms with Gasteiger partial charge >= 0.3 is 0 Å². The molecule has 0 radical (unpaired) electrons. The van der Waals surface area contributed by atoms with Gasteiger partial charge in [0.2, 0.25) is 11.8 Å². The Hall–Kier alpha value is -2.81. The highest BCUT2D eigenvalue weighted by molar-refractivity contribution is 5.98. The summed E-state index contributed by atoms with van der Waals surface area (Å²) in [6, 6.07) is 3.28. The Bertz CT molecular complexity index is 922. The number of hydrogen-bond acceptors (Lipinski definition) is 5. The maximum atomic E-state index is 13.7. The molecule has 1 N–H and O–H groups in total. The zero-order valence-electron chi connectivity index (χ0n) is 17.3. The van der Waals surface area contributed by atoms with E-state index in [2.05, 4.69) is 15.4 Å². The van der Waals surface area contributed by atoms with E-state index in [1.54, 1.807) is 17.2 Å². The van der Waals surface area contributed by atoms with Gasteiger partial charge in [0, 0.05) is 12.7 Å². The summed E-state index contributed by atoms with van der Waals surface area (Å²) in [6.45, 7) is 6.06. The van der Waals surface area contributed by atoms with Crippen molar-refractivity contribution in [1.29, 1.82) is 0 Å². The predicted octanol–water partition coefficient (Wildman–Crippen LogP) is 1.67. The molecule has 2 aromatic rings. The molecule has 1 spiro atoms. The van der Waals surface area contributed by atoms with Gasteiger partial charge in [0.15, 0.2) is 11.6 Å². The van der Waals surface area contributed by atoms with Gasteiger partial charge in [0.25, 0.3) is 0 Å². The van der Waals surface area contributed by atoms with Gasteiger partial charge < -0.3 is 15.1 Å². The molecule has 0 saturated carbocycles. The first-order chi connectivity index (χ1) is 14.5. The molecule has 0 unspecified atom stereocenters. The second-order valence-electron chi connectivity index (χ2n) is 7.99. The lowest BCUT2D eigenvalue weighted by Gasteiger charge is -2.52. The van der Waals surface area contributed by atoms with Crippen molar-refractivity contribution in [3.63, 3.8) is 0 Å². The maximum absolute atomic E-state index is 13.7. The van der Waals surface area contributed by atoms with E-state index in [1.807, 2.05) is 24.8 Å². The number of carbonyl (C=O) groups excluding carboxylic acids is 2. The summed E-state index contributed by atoms with van der Waals surface area (Å²) in [7, 11) is 0. The van der Waals surface area contributed by atoms with Crippen LogP contribution >= 0.6 is 0 Å². The maximum Gasteiger partial charge on any atom is 0.249 e. The Balaban J connectivity index is 1.59. The number of nitrogens with one attached hydrogen (secondary N) is 1. The minimum atomic E-state index is -0.759. The van der Waals surface area contributed by atoms with Gasteiger partial charge in [0.05, 0.1) is 18.4 Å². The third-order valence-electron chi connectivity index (χ3n) is 6.17. The van der Waals surface area contributed by atoms with Crippen LogP contribution in [0.15, 0.2) is 30.7 Å². The molecule has 2 aromatic heterocycles. The predicted molar refractivity (Wildman–Crippen MR) is 108 cm³/mol. The molecule has 4 heterocycles. The van der Waals surface area contributed by atoms with Crippen LogP contribution in [0.25, 0.3) is 5.82 Å². The van der Waals surface area contributed by atoms with Crippen molar-refractivity contribution >= 4 is 11.8 Å². The summed E-state index contributed by atoms with van der Waals surface area (Å²) in [5.41, 5.74) is 0.0608. The summed E-state index contributed by atoms with van der Waals surface area (Å²) < 4.78 is 14.6. The molecule has 2 aliphatic heterocycles. The number of nitrogens with zero attached hydrogens (tertiary/aromatic N) is 5. The monoisotopic (exact) mass is 414 g/mol. The highest BCUT2D eigenvalue weighted by Crippen LogP contribution is 2.36. The third-order valence-corrected chi connectivity index (χ3v) is 6.17. The fourth-order valence-corrected chi connectivity index (χ4v) is 4.51. The number of piperazine rings is 1. The normalized spacial score (nSPS) is 20.1. The molecule has 9 heteroatoms. The first kappa shape index (κ1) is 20.5. The molecular formula is C21H27FN6O2. The van der Waals surface area contributed by atoms with E-state index < -0.39 is 11.4 Å². The number of halogens is 1. The third kappa shape index (κ3) is 3.47. The van der Waals surface area contributed by atoms with Crippen molar-refractivity contribution in [1.82, 2.24) is 29.9 Å². The standard InChI is InChI=1S/C21H27FN6O2/c1-3-10-27-19(29)14-26(20(30)21(27)6-8-23-9-7-21)15(2)16-4-5-18(24-11-16)28-13-17(22)12-25-28/h4-5,11-13,15,23H,3,6-10,14H2,1-2H3/t15-/m0/s1. The van der Waals surface area contributed by atoms with Gasteiger partial charge in [-0.3, -0.25) is 9.59 Å². The molecule has 30 heavy (non-hydrogen) atoms. The lowest BCUT2D eigenvalue weighted by Crippen LogP contribution is -2.70. The zero-order chi connectivity index (χ0) is 21.3. The molecule has 8 nitrogen and oxygen atoms in total. The van der Waals surface area contributed by atoms with E-state index in [-0.39, 0.29) is 24.4 Å². The van der Waals surface area contributed by atoms with Crippen LogP contribution in [-0.4, -0.2) is 68.1 Å². The number of amides is 2. The van der Waals surface area contributed by atoms with E-state index in [9.17, 15) is 14.0 Å². The summed E-state index contributed by atoms with van der Waals surface area (Å²) >= 11 is 0. The SMILES string of the molecule is CCCN1C(=O)CN([C@@H](C)c2ccc(-n3cc(F)cn3)nc2)C(=O)C12CCNCC2. The van der Waals surface area contributed by atoms with Crippen LogP contribution in [0.1, 0.15) is 44.7 Å². The fourth-order valence-electron chi connectivity index (χ4n) is 4.51. The number of carbonyl (C=O) groups is 2. The molecule has 2 amide bonds. The number of hydrogen-bond donors (Lipinski definition) is 1. The van der Waals surface area contributed by atoms with Crippen LogP contribution in [0.4, 0.5) is 4.39 Å². The molecule has 1 atom stereocenters. The van der Waals surface area contributed by atoms with Crippen LogP contribution in [0, 0.1) is 5.82 Å². The Labute approximate surface area is 175 Å². The largest absolute Gasteiger partial charge is 0.326 e. The highest BCUT2D eigenvalue weighted by Gasteiger charge is 2.53. The summed E-state index contributed by atoms with van der Waals surface area (Å²) in [4.78, 5) is 34.6. The van der Waals surface area contributed by atoms with Gasteiger partial charge in [-0.15, -0.1) is 0 Å². The van der Waals surface area contributed by atoms with Crippen LogP contribution in [-0.2, 0) is 9.59 Å². The highest BCUT2D eigenvalue weighted by atomic mass is 19.1. The second-order valence-corrected chi connectivity index (χ2v) is 7.99. The average molecular weight is 414 g/mol. The summed E-state index contributed by atoms with van der Waals surface area (Å²) in [5, 5.41) is 7.21. The Morgan fingerprint density at radius 2 is 2.00 bits per heavy atom. The van der Waals surface area contributed by atoms with Gasteiger partial charge in [-0.05, 0) is 50.9 Å². The Kier molecular flexibility index (Phi) is 5.55. The quantitative estimate of drug-likeness (QED) is 0.805. The molecule has 0 bridgehead atoms. The molecule has 2 saturated heterocycles. The van der Waals surface area contributed by atoms with Crippen molar-refractivity contribution in [3.8, 4) is 5.82 Å². The molecule has 2 fully saturated rings. The van der Waals surface area contributed by atoms with Crippen molar-refractivity contribution in [2.45, 2.75) is 44.7 Å². The Morgan fingerprint density at radius 1 is 1.23 bits per heavy atom. The molecule has 4 rings (SSSR count). The summed E-state index contributed by atoms with van der Waals surface area (Å²) in [5.74, 6) is 0.0694. The topological polar surface area (TPSA) is 83.4 Å². The van der Waals surface area contributed by atoms with Crippen LogP contribution in [0.5, 0.6) is 0 Å². The van der Waals surface area contributed by atoms with Gasteiger partial charge in [-0.2, -0.15) is 5.10 Å². The molecule has 0 aromatic carbocycles. The van der Waals surface area contributed by atoms with E-state index in [4.69, 9.17) is 0 Å². The molecule has 2 aliphatic rings. The Morgan fingerprint density at radius 3 is 2.60 bits per heavy atom. The molecular weight excluding hydrogens is 387 g/mol. The number of piperidine rings is 1. The molecule has 160 valence electrons. The van der Waals surface area contributed by atoms with E-state index in [0.717, 1.165) is 31.3 Å². The van der Waals surface area contributed by atoms with Gasteiger partial charge in [-0.25, -0.2) is 14.1 Å². The van der Waals surface area contributed by atoms with Crippen molar-refractivity contribution in [2.75, 3.05) is 26.2 Å². The van der Waals surface area contributed by atoms with E-state index >= 15 is 0 Å². The smallest absolute Gasteiger partial charge is 0.249 e. The minimum Gasteiger partial charge on any atom is -0.326 e.